The largest absolute Gasteiger partial charge is 0.389 e. The van der Waals surface area contributed by atoms with Crippen molar-refractivity contribution in [2.24, 2.45) is 21.8 Å². The normalized spacial score (nSPS) is 13.1. The highest BCUT2D eigenvalue weighted by atomic mass is 35.5. The van der Waals surface area contributed by atoms with Crippen LogP contribution in [0.4, 0.5) is 10.2 Å². The number of nitrogens with two attached hydrogens (primary N) is 2. The summed E-state index contributed by atoms with van der Waals surface area (Å²) in [6.45, 7) is 12.1. The van der Waals surface area contributed by atoms with E-state index in [9.17, 15) is 4.39 Å². The number of pyridine rings is 1. The molecule has 0 aliphatic carbocycles. The second-order valence-electron chi connectivity index (χ2n) is 14.8. The number of amidine groups is 2. The van der Waals surface area contributed by atoms with E-state index in [1.165, 1.54) is 45.9 Å². The maximum atomic E-state index is 13.0. The van der Waals surface area contributed by atoms with E-state index in [1.807, 2.05) is 99.6 Å². The standard InChI is InChI=1S/C11H9Cl.C11H9F.2C9H10N2O.C9H12N2/c1-8-2-3-10-7-11(12)5-4-9(10)6-8;1-8-6-9-4-2-3-5-10(9)7-11(8)12;1-6-2-3-8-7(4-6)5-12-11-9(8)10;1-6-2-3-7-5-12-11-9(10)8(7)4-6;1-7-4-5-8-3-2-6-10-9(8)11-7/h2*2-7H,1H3;2*2-4H,5H2,1H3,(H2,10,11);4-5H,2-3,6H2,1H3,(H,10,11). The van der Waals surface area contributed by atoms with Crippen molar-refractivity contribution in [3.05, 3.63) is 188 Å². The first-order chi connectivity index (χ1) is 28.4. The Morgan fingerprint density at radius 1 is 0.593 bits per heavy atom. The summed E-state index contributed by atoms with van der Waals surface area (Å²) in [6.07, 6.45) is 2.41. The quantitative estimate of drug-likeness (QED) is 0.140. The zero-order chi connectivity index (χ0) is 41.9. The van der Waals surface area contributed by atoms with Gasteiger partial charge in [-0.25, -0.2) is 9.37 Å². The number of rotatable bonds is 0. The van der Waals surface area contributed by atoms with Gasteiger partial charge in [0.1, 0.15) is 24.8 Å². The van der Waals surface area contributed by atoms with Gasteiger partial charge in [-0.2, -0.15) is 0 Å². The average molecular weight is 809 g/mol. The smallest absolute Gasteiger partial charge is 0.170 e. The summed E-state index contributed by atoms with van der Waals surface area (Å²) in [4.78, 5) is 14.2. The van der Waals surface area contributed by atoms with Crippen molar-refractivity contribution in [3.8, 4) is 0 Å². The predicted octanol–water partition coefficient (Wildman–Crippen LogP) is 11.1. The molecule has 6 aromatic carbocycles. The maximum absolute atomic E-state index is 13.0. The van der Waals surface area contributed by atoms with Crippen molar-refractivity contribution in [1.82, 2.24) is 4.98 Å². The second-order valence-corrected chi connectivity index (χ2v) is 15.2. The van der Waals surface area contributed by atoms with Gasteiger partial charge >= 0.3 is 0 Å². The van der Waals surface area contributed by atoms with Crippen LogP contribution in [0.15, 0.2) is 132 Å². The van der Waals surface area contributed by atoms with Crippen molar-refractivity contribution in [3.63, 3.8) is 0 Å². The lowest BCUT2D eigenvalue weighted by Crippen LogP contribution is -2.20. The fourth-order valence-corrected chi connectivity index (χ4v) is 6.86. The minimum absolute atomic E-state index is 0.131. The van der Waals surface area contributed by atoms with Gasteiger partial charge in [0.2, 0.25) is 0 Å². The number of benzene rings is 6. The maximum Gasteiger partial charge on any atom is 0.170 e. The molecule has 8 nitrogen and oxygen atoms in total. The predicted molar refractivity (Wildman–Crippen MR) is 242 cm³/mol. The summed E-state index contributed by atoms with van der Waals surface area (Å²) in [5.41, 5.74) is 22.3. The molecule has 0 saturated heterocycles. The summed E-state index contributed by atoms with van der Waals surface area (Å²) < 4.78 is 13.0. The Kier molecular flexibility index (Phi) is 14.2. The van der Waals surface area contributed by atoms with E-state index in [0.717, 1.165) is 56.1 Å². The molecule has 0 spiro atoms. The molecule has 0 unspecified atom stereocenters. The van der Waals surface area contributed by atoms with Gasteiger partial charge in [0.25, 0.3) is 0 Å². The van der Waals surface area contributed by atoms with E-state index in [4.69, 9.17) is 32.7 Å². The van der Waals surface area contributed by atoms with Gasteiger partial charge in [-0.15, -0.1) is 0 Å². The van der Waals surface area contributed by atoms with Gasteiger partial charge in [0.15, 0.2) is 11.7 Å². The molecule has 59 heavy (non-hydrogen) atoms. The van der Waals surface area contributed by atoms with Crippen LogP contribution in [0.1, 0.15) is 62.2 Å². The highest BCUT2D eigenvalue weighted by molar-refractivity contribution is 6.31. The third-order valence-electron chi connectivity index (χ3n) is 9.86. The van der Waals surface area contributed by atoms with Gasteiger partial charge in [-0.3, -0.25) is 0 Å². The molecule has 10 heteroatoms. The molecule has 3 aliphatic heterocycles. The number of nitrogens with zero attached hydrogens (tertiary/aromatic N) is 3. The van der Waals surface area contributed by atoms with Gasteiger partial charge in [0, 0.05) is 39.5 Å². The van der Waals surface area contributed by atoms with Crippen molar-refractivity contribution in [2.45, 2.75) is 60.7 Å². The van der Waals surface area contributed by atoms with Gasteiger partial charge < -0.3 is 26.5 Å². The number of hydrogen-bond donors (Lipinski definition) is 3. The number of halogens is 2. The average Bonchev–Trinajstić information content (AvgIpc) is 3.23. The van der Waals surface area contributed by atoms with E-state index < -0.39 is 0 Å². The molecule has 3 aliphatic rings. The van der Waals surface area contributed by atoms with Crippen LogP contribution in [0.2, 0.25) is 5.02 Å². The third kappa shape index (κ3) is 11.6. The molecule has 0 amide bonds. The summed E-state index contributed by atoms with van der Waals surface area (Å²) in [5, 5.41) is 16.0. The monoisotopic (exact) mass is 808 g/mol. The van der Waals surface area contributed by atoms with E-state index >= 15 is 0 Å². The zero-order valence-corrected chi connectivity index (χ0v) is 34.9. The van der Waals surface area contributed by atoms with Crippen LogP contribution >= 0.6 is 11.6 Å². The molecule has 7 aromatic rings. The Balaban J connectivity index is 0.000000124. The minimum Gasteiger partial charge on any atom is -0.389 e. The summed E-state index contributed by atoms with van der Waals surface area (Å²) in [5.74, 6) is 1.90. The van der Waals surface area contributed by atoms with Crippen LogP contribution < -0.4 is 16.8 Å². The van der Waals surface area contributed by atoms with E-state index in [1.54, 1.807) is 13.0 Å². The van der Waals surface area contributed by atoms with E-state index in [0.29, 0.717) is 30.4 Å². The van der Waals surface area contributed by atoms with Crippen molar-refractivity contribution in [2.75, 3.05) is 11.9 Å². The van der Waals surface area contributed by atoms with Crippen LogP contribution in [0.5, 0.6) is 0 Å². The number of oxime groups is 2. The fourth-order valence-electron chi connectivity index (χ4n) is 6.68. The van der Waals surface area contributed by atoms with E-state index in [2.05, 4.69) is 63.9 Å². The first-order valence-electron chi connectivity index (χ1n) is 19.6. The van der Waals surface area contributed by atoms with Crippen molar-refractivity contribution >= 4 is 50.6 Å². The van der Waals surface area contributed by atoms with Crippen LogP contribution in [-0.2, 0) is 29.3 Å². The SMILES string of the molecule is Cc1cc2ccccc2cc1F.Cc1ccc2c(c1)C(N)=NOC2.Cc1ccc2c(c1)CON=C2N.Cc1ccc2c(n1)NCCC2.Cc1ccc2cc(Cl)ccc2c1. The first-order valence-corrected chi connectivity index (χ1v) is 19.9. The number of aryl methyl sites for hydroxylation is 6. The number of fused-ring (bicyclic) bond motifs is 5. The molecular formula is C49H50ClFN6O2. The lowest BCUT2D eigenvalue weighted by atomic mass is 10.0. The molecule has 10 rings (SSSR count). The molecule has 302 valence electrons. The lowest BCUT2D eigenvalue weighted by molar-refractivity contribution is 0.125. The highest BCUT2D eigenvalue weighted by Crippen LogP contribution is 2.22. The Hall–Kier alpha value is -6.45. The molecule has 0 radical (unpaired) electrons. The Morgan fingerprint density at radius 3 is 1.97 bits per heavy atom. The topological polar surface area (TPSA) is 120 Å². The van der Waals surface area contributed by atoms with Crippen molar-refractivity contribution < 1.29 is 14.1 Å². The van der Waals surface area contributed by atoms with Crippen LogP contribution in [-0.4, -0.2) is 23.2 Å². The zero-order valence-electron chi connectivity index (χ0n) is 34.2. The van der Waals surface area contributed by atoms with Crippen LogP contribution in [0, 0.1) is 40.4 Å². The highest BCUT2D eigenvalue weighted by Gasteiger charge is 2.13. The summed E-state index contributed by atoms with van der Waals surface area (Å²) in [6, 6.07) is 39.9. The number of nitrogens with one attached hydrogen (secondary N) is 1. The minimum atomic E-state index is -0.131. The molecule has 0 atom stereocenters. The lowest BCUT2D eigenvalue weighted by Gasteiger charge is -2.16. The number of hydrogen-bond acceptors (Lipinski definition) is 8. The van der Waals surface area contributed by atoms with Crippen LogP contribution in [0.3, 0.4) is 0 Å². The first kappa shape index (κ1) is 42.2. The number of anilines is 1. The van der Waals surface area contributed by atoms with Gasteiger partial charge in [-0.1, -0.05) is 124 Å². The Morgan fingerprint density at radius 2 is 1.19 bits per heavy atom. The Labute approximate surface area is 350 Å². The van der Waals surface area contributed by atoms with Crippen LogP contribution in [0.25, 0.3) is 21.5 Å². The second kappa shape index (κ2) is 19.8. The summed E-state index contributed by atoms with van der Waals surface area (Å²) >= 11 is 5.86. The third-order valence-corrected chi connectivity index (χ3v) is 10.1. The molecule has 0 saturated carbocycles. The van der Waals surface area contributed by atoms with Gasteiger partial charge in [0.05, 0.1) is 0 Å². The number of aromatic nitrogens is 1. The van der Waals surface area contributed by atoms with E-state index in [-0.39, 0.29) is 5.82 Å². The molecule has 4 heterocycles. The summed E-state index contributed by atoms with van der Waals surface area (Å²) in [7, 11) is 0. The molecule has 5 N–H and O–H groups in total. The Bertz CT molecular complexity index is 2560. The molecule has 0 bridgehead atoms. The fraction of sp³-hybridized carbons (Fsp3) is 0.204. The molecular weight excluding hydrogens is 759 g/mol. The molecule has 1 aromatic heterocycles. The van der Waals surface area contributed by atoms with Crippen molar-refractivity contribution in [1.29, 1.82) is 0 Å². The molecule has 0 fully saturated rings. The van der Waals surface area contributed by atoms with Gasteiger partial charge in [-0.05, 0) is 117 Å².